The second kappa shape index (κ2) is 7.20. The molecule has 1 saturated heterocycles. The Labute approximate surface area is 94.2 Å². The SMILES string of the molecule is CNC(C)CCCCN1CCC(OC)C1. The maximum absolute atomic E-state index is 5.35. The molecular weight excluding hydrogens is 188 g/mol. The van der Waals surface area contributed by atoms with Crippen LogP contribution in [0.15, 0.2) is 0 Å². The van der Waals surface area contributed by atoms with Crippen molar-refractivity contribution < 1.29 is 4.74 Å². The zero-order valence-electron chi connectivity index (χ0n) is 10.5. The van der Waals surface area contributed by atoms with Crippen LogP contribution in [0.5, 0.6) is 0 Å². The van der Waals surface area contributed by atoms with E-state index < -0.39 is 0 Å². The van der Waals surface area contributed by atoms with E-state index in [0.717, 1.165) is 6.54 Å². The van der Waals surface area contributed by atoms with Gasteiger partial charge >= 0.3 is 0 Å². The molecule has 90 valence electrons. The summed E-state index contributed by atoms with van der Waals surface area (Å²) in [5.41, 5.74) is 0. The molecule has 0 saturated carbocycles. The standard InChI is InChI=1S/C12H26N2O/c1-11(13-2)6-4-5-8-14-9-7-12(10-14)15-3/h11-13H,4-10H2,1-3H3. The Morgan fingerprint density at radius 1 is 1.47 bits per heavy atom. The maximum Gasteiger partial charge on any atom is 0.0710 e. The number of methoxy groups -OCH3 is 1. The lowest BCUT2D eigenvalue weighted by Gasteiger charge is -2.16. The van der Waals surface area contributed by atoms with Gasteiger partial charge in [-0.1, -0.05) is 6.42 Å². The Kier molecular flexibility index (Phi) is 6.22. The largest absolute Gasteiger partial charge is 0.380 e. The molecule has 1 rings (SSSR count). The minimum atomic E-state index is 0.487. The van der Waals surface area contributed by atoms with Crippen LogP contribution in [0.2, 0.25) is 0 Å². The van der Waals surface area contributed by atoms with Crippen molar-refractivity contribution in [1.29, 1.82) is 0 Å². The van der Waals surface area contributed by atoms with Gasteiger partial charge < -0.3 is 15.0 Å². The molecule has 2 unspecified atom stereocenters. The number of nitrogens with zero attached hydrogens (tertiary/aromatic N) is 1. The zero-order valence-corrected chi connectivity index (χ0v) is 10.5. The van der Waals surface area contributed by atoms with E-state index in [0.29, 0.717) is 12.1 Å². The summed E-state index contributed by atoms with van der Waals surface area (Å²) in [5, 5.41) is 3.28. The summed E-state index contributed by atoms with van der Waals surface area (Å²) in [6, 6.07) is 0.662. The molecular formula is C12H26N2O. The molecule has 0 radical (unpaired) electrons. The highest BCUT2D eigenvalue weighted by Gasteiger charge is 2.20. The van der Waals surface area contributed by atoms with Crippen LogP contribution in [0, 0.1) is 0 Å². The van der Waals surface area contributed by atoms with Gasteiger partial charge in [0.05, 0.1) is 6.10 Å². The van der Waals surface area contributed by atoms with Crippen LogP contribution in [-0.4, -0.2) is 50.8 Å². The predicted molar refractivity (Wildman–Crippen MR) is 64.2 cm³/mol. The van der Waals surface area contributed by atoms with Gasteiger partial charge in [0.25, 0.3) is 0 Å². The topological polar surface area (TPSA) is 24.5 Å². The fourth-order valence-corrected chi connectivity index (χ4v) is 2.12. The molecule has 0 aromatic heterocycles. The molecule has 1 fully saturated rings. The van der Waals surface area contributed by atoms with Crippen LogP contribution in [0.3, 0.4) is 0 Å². The average Bonchev–Trinajstić information content (AvgIpc) is 2.72. The maximum atomic E-state index is 5.35. The molecule has 2 atom stereocenters. The van der Waals surface area contributed by atoms with Crippen molar-refractivity contribution in [2.75, 3.05) is 33.8 Å². The van der Waals surface area contributed by atoms with Gasteiger partial charge in [-0.05, 0) is 39.8 Å². The van der Waals surface area contributed by atoms with E-state index in [9.17, 15) is 0 Å². The third-order valence-electron chi connectivity index (χ3n) is 3.42. The molecule has 1 N–H and O–H groups in total. The van der Waals surface area contributed by atoms with Crippen molar-refractivity contribution in [2.45, 2.75) is 44.8 Å². The normalized spacial score (nSPS) is 24.6. The van der Waals surface area contributed by atoms with Crippen LogP contribution < -0.4 is 5.32 Å². The predicted octanol–water partition coefficient (Wildman–Crippen LogP) is 1.49. The van der Waals surface area contributed by atoms with E-state index in [1.807, 2.05) is 14.2 Å². The van der Waals surface area contributed by atoms with E-state index in [-0.39, 0.29) is 0 Å². The molecule has 3 nitrogen and oxygen atoms in total. The third-order valence-corrected chi connectivity index (χ3v) is 3.42. The highest BCUT2D eigenvalue weighted by Crippen LogP contribution is 2.12. The molecule has 0 spiro atoms. The lowest BCUT2D eigenvalue weighted by Crippen LogP contribution is -2.25. The first kappa shape index (κ1) is 12.9. The Morgan fingerprint density at radius 3 is 2.87 bits per heavy atom. The number of ether oxygens (including phenoxy) is 1. The highest BCUT2D eigenvalue weighted by atomic mass is 16.5. The lowest BCUT2D eigenvalue weighted by molar-refractivity contribution is 0.108. The monoisotopic (exact) mass is 214 g/mol. The minimum absolute atomic E-state index is 0.487. The van der Waals surface area contributed by atoms with Gasteiger partial charge in [0, 0.05) is 26.2 Å². The van der Waals surface area contributed by atoms with Crippen LogP contribution in [0.1, 0.15) is 32.6 Å². The first-order valence-corrected chi connectivity index (χ1v) is 6.18. The molecule has 1 aliphatic rings. The number of hydrogen-bond donors (Lipinski definition) is 1. The summed E-state index contributed by atoms with van der Waals surface area (Å²) in [5.74, 6) is 0. The molecule has 0 amide bonds. The first-order chi connectivity index (χ1) is 7.26. The number of likely N-dealkylation sites (tertiary alicyclic amines) is 1. The zero-order chi connectivity index (χ0) is 11.1. The van der Waals surface area contributed by atoms with E-state index in [1.165, 1.54) is 38.8 Å². The van der Waals surface area contributed by atoms with Crippen LogP contribution in [0.4, 0.5) is 0 Å². The minimum Gasteiger partial charge on any atom is -0.380 e. The van der Waals surface area contributed by atoms with Gasteiger partial charge in [0.1, 0.15) is 0 Å². The van der Waals surface area contributed by atoms with Crippen LogP contribution in [-0.2, 0) is 4.74 Å². The van der Waals surface area contributed by atoms with Gasteiger partial charge in [-0.15, -0.1) is 0 Å². The van der Waals surface area contributed by atoms with Crippen molar-refractivity contribution >= 4 is 0 Å². The molecule has 0 aromatic rings. The van der Waals surface area contributed by atoms with Gasteiger partial charge in [-0.3, -0.25) is 0 Å². The van der Waals surface area contributed by atoms with Crippen molar-refractivity contribution in [2.24, 2.45) is 0 Å². The van der Waals surface area contributed by atoms with Crippen molar-refractivity contribution in [3.63, 3.8) is 0 Å². The van der Waals surface area contributed by atoms with Gasteiger partial charge in [-0.25, -0.2) is 0 Å². The number of hydrogen-bond acceptors (Lipinski definition) is 3. The van der Waals surface area contributed by atoms with E-state index in [2.05, 4.69) is 17.1 Å². The van der Waals surface area contributed by atoms with E-state index in [4.69, 9.17) is 4.74 Å². The average molecular weight is 214 g/mol. The number of rotatable bonds is 7. The summed E-state index contributed by atoms with van der Waals surface area (Å²) in [6.07, 6.45) is 5.64. The molecule has 1 heterocycles. The number of nitrogens with one attached hydrogen (secondary N) is 1. The smallest absolute Gasteiger partial charge is 0.0710 e. The van der Waals surface area contributed by atoms with Crippen LogP contribution in [0.25, 0.3) is 0 Å². The Balaban J connectivity index is 1.97. The second-order valence-corrected chi connectivity index (χ2v) is 4.63. The summed E-state index contributed by atoms with van der Waals surface area (Å²) >= 11 is 0. The quantitative estimate of drug-likeness (QED) is 0.650. The van der Waals surface area contributed by atoms with E-state index in [1.54, 1.807) is 0 Å². The third kappa shape index (κ3) is 4.96. The van der Waals surface area contributed by atoms with Crippen molar-refractivity contribution in [3.8, 4) is 0 Å². The number of unbranched alkanes of at least 4 members (excludes halogenated alkanes) is 1. The first-order valence-electron chi connectivity index (χ1n) is 6.18. The highest BCUT2D eigenvalue weighted by molar-refractivity contribution is 4.75. The van der Waals surface area contributed by atoms with Crippen LogP contribution >= 0.6 is 0 Å². The Morgan fingerprint density at radius 2 is 2.27 bits per heavy atom. The molecule has 0 bridgehead atoms. The molecule has 0 aliphatic carbocycles. The second-order valence-electron chi connectivity index (χ2n) is 4.63. The van der Waals surface area contributed by atoms with Crippen molar-refractivity contribution in [3.05, 3.63) is 0 Å². The molecule has 3 heteroatoms. The fourth-order valence-electron chi connectivity index (χ4n) is 2.12. The summed E-state index contributed by atoms with van der Waals surface area (Å²) in [7, 11) is 3.86. The fraction of sp³-hybridized carbons (Fsp3) is 1.00. The Bertz CT molecular complexity index is 164. The van der Waals surface area contributed by atoms with Gasteiger partial charge in [0.15, 0.2) is 0 Å². The molecule has 15 heavy (non-hydrogen) atoms. The molecule has 0 aromatic carbocycles. The summed E-state index contributed by atoms with van der Waals surface area (Å²) in [6.45, 7) is 5.85. The van der Waals surface area contributed by atoms with Gasteiger partial charge in [-0.2, -0.15) is 0 Å². The van der Waals surface area contributed by atoms with Crippen molar-refractivity contribution in [1.82, 2.24) is 10.2 Å². The lowest BCUT2D eigenvalue weighted by atomic mass is 10.1. The summed E-state index contributed by atoms with van der Waals surface area (Å²) in [4.78, 5) is 2.53. The summed E-state index contributed by atoms with van der Waals surface area (Å²) < 4.78 is 5.35. The Hall–Kier alpha value is -0.120. The molecule has 1 aliphatic heterocycles. The van der Waals surface area contributed by atoms with E-state index >= 15 is 0 Å². The van der Waals surface area contributed by atoms with Gasteiger partial charge in [0.2, 0.25) is 0 Å².